The van der Waals surface area contributed by atoms with Crippen LogP contribution in [0.15, 0.2) is 41.3 Å². The third-order valence-electron chi connectivity index (χ3n) is 2.78. The number of halogens is 1. The molecular weight excluding hydrogens is 297 g/mol. The van der Waals surface area contributed by atoms with Gasteiger partial charge >= 0.3 is 0 Å². The molecular formula is C13H14FN3O3S. The highest BCUT2D eigenvalue weighted by molar-refractivity contribution is 7.89. The van der Waals surface area contributed by atoms with Gasteiger partial charge < -0.3 is 15.8 Å². The van der Waals surface area contributed by atoms with Gasteiger partial charge in [-0.3, -0.25) is 0 Å². The lowest BCUT2D eigenvalue weighted by Gasteiger charge is -2.11. The molecule has 0 heterocycles. The fourth-order valence-electron chi connectivity index (χ4n) is 1.73. The van der Waals surface area contributed by atoms with E-state index in [0.717, 1.165) is 0 Å². The molecule has 6 nitrogen and oxygen atoms in total. The number of nitrogens with two attached hydrogens (primary N) is 2. The highest BCUT2D eigenvalue weighted by atomic mass is 32.2. The van der Waals surface area contributed by atoms with E-state index in [1.54, 1.807) is 6.07 Å². The maximum Gasteiger partial charge on any atom is 0.238 e. The van der Waals surface area contributed by atoms with E-state index in [1.165, 1.54) is 37.4 Å². The van der Waals surface area contributed by atoms with Gasteiger partial charge in [0.25, 0.3) is 0 Å². The lowest BCUT2D eigenvalue weighted by Crippen LogP contribution is -2.12. The second-order valence-corrected chi connectivity index (χ2v) is 5.83. The number of benzene rings is 2. The number of hydrogen-bond acceptors (Lipinski definition) is 5. The van der Waals surface area contributed by atoms with E-state index in [0.29, 0.717) is 11.4 Å². The Bertz CT molecular complexity index is 778. The van der Waals surface area contributed by atoms with Crippen LogP contribution in [0.25, 0.3) is 0 Å². The monoisotopic (exact) mass is 311 g/mol. The quantitative estimate of drug-likeness (QED) is 0.746. The summed E-state index contributed by atoms with van der Waals surface area (Å²) in [6.45, 7) is 0. The minimum atomic E-state index is -3.81. The molecule has 2 aromatic carbocycles. The SMILES string of the molecule is COc1ccc(Nc2ccc(S(N)(=O)=O)cc2N)cc1F. The van der Waals surface area contributed by atoms with Gasteiger partial charge in [-0.1, -0.05) is 0 Å². The van der Waals surface area contributed by atoms with Crippen molar-refractivity contribution >= 4 is 27.1 Å². The summed E-state index contributed by atoms with van der Waals surface area (Å²) in [7, 11) is -2.44. The molecule has 2 aromatic rings. The third kappa shape index (κ3) is 3.41. The number of rotatable bonds is 4. The second-order valence-electron chi connectivity index (χ2n) is 4.27. The Morgan fingerprint density at radius 2 is 1.90 bits per heavy atom. The predicted molar refractivity (Wildman–Crippen MR) is 78.5 cm³/mol. The van der Waals surface area contributed by atoms with Gasteiger partial charge in [-0.25, -0.2) is 17.9 Å². The standard InChI is InChI=1S/C13H14FN3O3S/c1-20-13-5-2-8(6-10(13)14)17-12-4-3-9(7-11(12)15)21(16,18)19/h2-7,17H,15H2,1H3,(H2,16,18,19). The van der Waals surface area contributed by atoms with Crippen LogP contribution in [0.3, 0.4) is 0 Å². The van der Waals surface area contributed by atoms with Crippen molar-refractivity contribution in [2.24, 2.45) is 5.14 Å². The number of ether oxygens (including phenoxy) is 1. The molecule has 0 fully saturated rings. The molecule has 5 N–H and O–H groups in total. The van der Waals surface area contributed by atoms with Gasteiger partial charge in [-0.15, -0.1) is 0 Å². The average Bonchev–Trinajstić information content (AvgIpc) is 2.40. The number of methoxy groups -OCH3 is 1. The zero-order valence-corrected chi connectivity index (χ0v) is 11.9. The van der Waals surface area contributed by atoms with E-state index < -0.39 is 15.8 Å². The lowest BCUT2D eigenvalue weighted by molar-refractivity contribution is 0.386. The average molecular weight is 311 g/mol. The molecule has 0 radical (unpaired) electrons. The molecule has 0 unspecified atom stereocenters. The van der Waals surface area contributed by atoms with Crippen LogP contribution < -0.4 is 20.9 Å². The third-order valence-corrected chi connectivity index (χ3v) is 3.69. The maximum absolute atomic E-state index is 13.6. The van der Waals surface area contributed by atoms with E-state index in [-0.39, 0.29) is 16.3 Å². The topological polar surface area (TPSA) is 107 Å². The van der Waals surface area contributed by atoms with Crippen molar-refractivity contribution in [2.75, 3.05) is 18.2 Å². The van der Waals surface area contributed by atoms with Crippen molar-refractivity contribution in [1.82, 2.24) is 0 Å². The van der Waals surface area contributed by atoms with E-state index >= 15 is 0 Å². The van der Waals surface area contributed by atoms with Crippen LogP contribution in [0.4, 0.5) is 21.5 Å². The first kappa shape index (κ1) is 15.1. The van der Waals surface area contributed by atoms with Gasteiger partial charge in [-0.05, 0) is 30.3 Å². The van der Waals surface area contributed by atoms with Gasteiger partial charge in [0.2, 0.25) is 10.0 Å². The van der Waals surface area contributed by atoms with Gasteiger partial charge in [0.05, 0.1) is 23.4 Å². The van der Waals surface area contributed by atoms with Crippen LogP contribution in [-0.4, -0.2) is 15.5 Å². The van der Waals surface area contributed by atoms with Crippen molar-refractivity contribution < 1.29 is 17.5 Å². The lowest BCUT2D eigenvalue weighted by atomic mass is 10.2. The van der Waals surface area contributed by atoms with E-state index in [4.69, 9.17) is 15.6 Å². The van der Waals surface area contributed by atoms with Crippen molar-refractivity contribution in [1.29, 1.82) is 0 Å². The Labute approximate surface area is 121 Å². The second kappa shape index (κ2) is 5.58. The molecule has 0 saturated carbocycles. The van der Waals surface area contributed by atoms with Crippen LogP contribution in [-0.2, 0) is 10.0 Å². The van der Waals surface area contributed by atoms with Crippen LogP contribution in [0.5, 0.6) is 5.75 Å². The van der Waals surface area contributed by atoms with Gasteiger partial charge in [0, 0.05) is 11.8 Å². The predicted octanol–water partition coefficient (Wildman–Crippen LogP) is 1.81. The molecule has 21 heavy (non-hydrogen) atoms. The Balaban J connectivity index is 2.30. The molecule has 8 heteroatoms. The molecule has 2 rings (SSSR count). The Kier molecular flexibility index (Phi) is 4.01. The molecule has 0 aliphatic rings. The summed E-state index contributed by atoms with van der Waals surface area (Å²) >= 11 is 0. The largest absolute Gasteiger partial charge is 0.494 e. The zero-order chi connectivity index (χ0) is 15.6. The Morgan fingerprint density at radius 3 is 2.43 bits per heavy atom. The van der Waals surface area contributed by atoms with Crippen molar-refractivity contribution in [3.63, 3.8) is 0 Å². The maximum atomic E-state index is 13.6. The molecule has 0 aliphatic heterocycles. The highest BCUT2D eigenvalue weighted by Crippen LogP contribution is 2.28. The molecule has 0 spiro atoms. The summed E-state index contributed by atoms with van der Waals surface area (Å²) < 4.78 is 40.8. The van der Waals surface area contributed by atoms with E-state index in [1.807, 2.05) is 0 Å². The number of primary sulfonamides is 1. The first-order chi connectivity index (χ1) is 9.81. The molecule has 0 atom stereocenters. The summed E-state index contributed by atoms with van der Waals surface area (Å²) in [6, 6.07) is 8.32. The van der Waals surface area contributed by atoms with E-state index in [2.05, 4.69) is 5.32 Å². The fourth-order valence-corrected chi connectivity index (χ4v) is 2.28. The minimum Gasteiger partial charge on any atom is -0.494 e. The van der Waals surface area contributed by atoms with E-state index in [9.17, 15) is 12.8 Å². The summed E-state index contributed by atoms with van der Waals surface area (Å²) in [5.74, 6) is -0.402. The number of hydrogen-bond donors (Lipinski definition) is 3. The number of nitrogen functional groups attached to an aromatic ring is 1. The van der Waals surface area contributed by atoms with Gasteiger partial charge in [0.1, 0.15) is 0 Å². The zero-order valence-electron chi connectivity index (χ0n) is 11.1. The summed E-state index contributed by atoms with van der Waals surface area (Å²) in [5, 5.41) is 7.90. The van der Waals surface area contributed by atoms with Crippen molar-refractivity contribution in [3.05, 3.63) is 42.2 Å². The summed E-state index contributed by atoms with van der Waals surface area (Å²) in [4.78, 5) is -0.0912. The normalized spacial score (nSPS) is 11.2. The van der Waals surface area contributed by atoms with Crippen molar-refractivity contribution in [3.8, 4) is 5.75 Å². The van der Waals surface area contributed by atoms with Crippen LogP contribution in [0.2, 0.25) is 0 Å². The first-order valence-electron chi connectivity index (χ1n) is 5.84. The van der Waals surface area contributed by atoms with Crippen molar-refractivity contribution in [2.45, 2.75) is 4.90 Å². The molecule has 0 amide bonds. The van der Waals surface area contributed by atoms with Crippen LogP contribution in [0.1, 0.15) is 0 Å². The van der Waals surface area contributed by atoms with Gasteiger partial charge in [0.15, 0.2) is 11.6 Å². The molecule has 0 bridgehead atoms. The molecule has 0 aliphatic carbocycles. The smallest absolute Gasteiger partial charge is 0.238 e. The van der Waals surface area contributed by atoms with Gasteiger partial charge in [-0.2, -0.15) is 0 Å². The summed E-state index contributed by atoms with van der Waals surface area (Å²) in [5.41, 5.74) is 6.82. The van der Waals surface area contributed by atoms with Crippen LogP contribution in [0, 0.1) is 5.82 Å². The first-order valence-corrected chi connectivity index (χ1v) is 7.39. The number of sulfonamides is 1. The molecule has 0 aromatic heterocycles. The molecule has 0 saturated heterocycles. The highest BCUT2D eigenvalue weighted by Gasteiger charge is 2.11. The fraction of sp³-hybridized carbons (Fsp3) is 0.0769. The molecule has 112 valence electrons. The number of nitrogens with one attached hydrogen (secondary N) is 1. The summed E-state index contributed by atoms with van der Waals surface area (Å²) in [6.07, 6.45) is 0. The Morgan fingerprint density at radius 1 is 1.19 bits per heavy atom. The number of anilines is 3. The van der Waals surface area contributed by atoms with Crippen LogP contribution >= 0.6 is 0 Å². The minimum absolute atomic E-state index is 0.0912. The Hall–Kier alpha value is -2.32.